The molecule has 2 N–H and O–H groups in total. The van der Waals surface area contributed by atoms with E-state index in [0.717, 1.165) is 12.8 Å². The summed E-state index contributed by atoms with van der Waals surface area (Å²) < 4.78 is 0. The molecule has 1 amide bonds. The smallest absolute Gasteiger partial charge is 0.316 e. The number of carbonyl (C=O) groups excluding carboxylic acids is 1. The van der Waals surface area contributed by atoms with E-state index in [1.807, 2.05) is 6.92 Å². The molecule has 0 spiro atoms. The van der Waals surface area contributed by atoms with Crippen LogP contribution in [0.2, 0.25) is 0 Å². The first-order valence-electron chi connectivity index (χ1n) is 6.62. The van der Waals surface area contributed by atoms with E-state index in [4.69, 9.17) is 5.11 Å². The highest BCUT2D eigenvalue weighted by Gasteiger charge is 2.38. The number of rotatable bonds is 6. The molecule has 4 heteroatoms. The Balaban J connectivity index is 4.58. The molecule has 3 unspecified atom stereocenters. The first-order valence-corrected chi connectivity index (χ1v) is 6.62. The third-order valence-electron chi connectivity index (χ3n) is 3.22. The molecule has 106 valence electrons. The summed E-state index contributed by atoms with van der Waals surface area (Å²) in [6, 6.07) is 0.0108. The van der Waals surface area contributed by atoms with E-state index in [-0.39, 0.29) is 11.9 Å². The Kier molecular flexibility index (Phi) is 6.36. The Bertz CT molecular complexity index is 294. The van der Waals surface area contributed by atoms with Gasteiger partial charge < -0.3 is 10.4 Å². The molecule has 0 rings (SSSR count). The van der Waals surface area contributed by atoms with E-state index in [1.54, 1.807) is 20.8 Å². The number of hydrogen-bond donors (Lipinski definition) is 2. The lowest BCUT2D eigenvalue weighted by Gasteiger charge is -2.28. The van der Waals surface area contributed by atoms with Gasteiger partial charge in [0.05, 0.1) is 0 Å². The van der Waals surface area contributed by atoms with Crippen LogP contribution in [0.25, 0.3) is 0 Å². The predicted octanol–water partition coefficient (Wildman–Crippen LogP) is 2.67. The van der Waals surface area contributed by atoms with Crippen molar-refractivity contribution in [3.63, 3.8) is 0 Å². The van der Waals surface area contributed by atoms with Crippen LogP contribution in [0.5, 0.6) is 0 Å². The lowest BCUT2D eigenvalue weighted by molar-refractivity contribution is -0.151. The van der Waals surface area contributed by atoms with Gasteiger partial charge in [0, 0.05) is 6.04 Å². The number of aliphatic carboxylic acids is 1. The van der Waals surface area contributed by atoms with E-state index in [1.165, 1.54) is 0 Å². The molecule has 0 aliphatic rings. The van der Waals surface area contributed by atoms with Gasteiger partial charge in [0.25, 0.3) is 0 Å². The molecule has 18 heavy (non-hydrogen) atoms. The van der Waals surface area contributed by atoms with Crippen LogP contribution in [0, 0.1) is 17.3 Å². The Morgan fingerprint density at radius 2 is 1.72 bits per heavy atom. The van der Waals surface area contributed by atoms with E-state index in [0.29, 0.717) is 5.92 Å². The minimum Gasteiger partial charge on any atom is -0.481 e. The van der Waals surface area contributed by atoms with Gasteiger partial charge in [0.15, 0.2) is 0 Å². The van der Waals surface area contributed by atoms with Crippen molar-refractivity contribution in [3.05, 3.63) is 0 Å². The van der Waals surface area contributed by atoms with Crippen LogP contribution >= 0.6 is 0 Å². The summed E-state index contributed by atoms with van der Waals surface area (Å²) in [7, 11) is 0. The Morgan fingerprint density at radius 1 is 1.22 bits per heavy atom. The van der Waals surface area contributed by atoms with Gasteiger partial charge in [-0.2, -0.15) is 0 Å². The molecule has 3 atom stereocenters. The average Bonchev–Trinajstić information content (AvgIpc) is 2.13. The molecule has 0 aliphatic carbocycles. The molecule has 0 aromatic carbocycles. The zero-order chi connectivity index (χ0) is 14.5. The second-order valence-corrected chi connectivity index (χ2v) is 6.30. The summed E-state index contributed by atoms with van der Waals surface area (Å²) in [4.78, 5) is 23.2. The number of amides is 1. The molecular formula is C14H27NO3. The molecule has 0 radical (unpaired) electrons. The zero-order valence-electron chi connectivity index (χ0n) is 12.4. The first-order chi connectivity index (χ1) is 8.09. The van der Waals surface area contributed by atoms with Crippen LogP contribution in [0.15, 0.2) is 0 Å². The van der Waals surface area contributed by atoms with E-state index >= 15 is 0 Å². The van der Waals surface area contributed by atoms with Gasteiger partial charge in [-0.25, -0.2) is 0 Å². The van der Waals surface area contributed by atoms with Gasteiger partial charge in [0.1, 0.15) is 5.92 Å². The fourth-order valence-corrected chi connectivity index (χ4v) is 2.03. The summed E-state index contributed by atoms with van der Waals surface area (Å²) in [5, 5.41) is 12.0. The molecule has 4 nitrogen and oxygen atoms in total. The highest BCUT2D eigenvalue weighted by molar-refractivity contribution is 5.97. The van der Waals surface area contributed by atoms with Gasteiger partial charge in [-0.3, -0.25) is 9.59 Å². The number of carbonyl (C=O) groups is 2. The third-order valence-corrected chi connectivity index (χ3v) is 3.22. The lowest BCUT2D eigenvalue weighted by atomic mass is 9.80. The van der Waals surface area contributed by atoms with Crippen molar-refractivity contribution in [2.24, 2.45) is 17.3 Å². The average molecular weight is 257 g/mol. The summed E-state index contributed by atoms with van der Waals surface area (Å²) in [5.74, 6) is -1.92. The van der Waals surface area contributed by atoms with Crippen LogP contribution in [0.1, 0.15) is 54.4 Å². The van der Waals surface area contributed by atoms with Crippen molar-refractivity contribution in [3.8, 4) is 0 Å². The van der Waals surface area contributed by atoms with Crippen LogP contribution in [0.4, 0.5) is 0 Å². The topological polar surface area (TPSA) is 66.4 Å². The quantitative estimate of drug-likeness (QED) is 0.719. The summed E-state index contributed by atoms with van der Waals surface area (Å²) in [6.07, 6.45) is 1.93. The molecular weight excluding hydrogens is 230 g/mol. The van der Waals surface area contributed by atoms with Crippen molar-refractivity contribution in [2.75, 3.05) is 0 Å². The van der Waals surface area contributed by atoms with Crippen molar-refractivity contribution in [2.45, 2.75) is 60.4 Å². The summed E-state index contributed by atoms with van der Waals surface area (Å²) >= 11 is 0. The minimum absolute atomic E-state index is 0.0108. The van der Waals surface area contributed by atoms with Gasteiger partial charge >= 0.3 is 5.97 Å². The normalized spacial score (nSPS) is 16.8. The fraction of sp³-hybridized carbons (Fsp3) is 0.857. The SMILES string of the molecule is CCC(C)CC(C)NC(=O)C(C(=O)O)C(C)(C)C. The molecule has 0 aliphatic heterocycles. The fourth-order valence-electron chi connectivity index (χ4n) is 2.03. The molecule has 0 saturated heterocycles. The maximum Gasteiger partial charge on any atom is 0.316 e. The zero-order valence-corrected chi connectivity index (χ0v) is 12.4. The summed E-state index contributed by atoms with van der Waals surface area (Å²) in [5.41, 5.74) is -0.577. The van der Waals surface area contributed by atoms with Crippen molar-refractivity contribution in [1.82, 2.24) is 5.32 Å². The predicted molar refractivity (Wildman–Crippen MR) is 72.3 cm³/mol. The minimum atomic E-state index is -1.06. The van der Waals surface area contributed by atoms with Crippen molar-refractivity contribution >= 4 is 11.9 Å². The molecule has 0 heterocycles. The third kappa shape index (κ3) is 5.52. The van der Waals surface area contributed by atoms with Gasteiger partial charge in [-0.15, -0.1) is 0 Å². The molecule has 0 aromatic rings. The Labute approximate surface area is 110 Å². The van der Waals surface area contributed by atoms with Crippen LogP contribution in [-0.2, 0) is 9.59 Å². The summed E-state index contributed by atoms with van der Waals surface area (Å²) in [6.45, 7) is 11.5. The molecule has 0 aromatic heterocycles. The van der Waals surface area contributed by atoms with Gasteiger partial charge in [-0.1, -0.05) is 41.0 Å². The Morgan fingerprint density at radius 3 is 2.06 bits per heavy atom. The van der Waals surface area contributed by atoms with Gasteiger partial charge in [-0.05, 0) is 24.7 Å². The highest BCUT2D eigenvalue weighted by Crippen LogP contribution is 2.26. The standard InChI is InChI=1S/C14H27NO3/c1-7-9(2)8-10(3)15-12(16)11(13(17)18)14(4,5)6/h9-11H,7-8H2,1-6H3,(H,15,16)(H,17,18). The largest absolute Gasteiger partial charge is 0.481 e. The van der Waals surface area contributed by atoms with Gasteiger partial charge in [0.2, 0.25) is 5.91 Å². The molecule has 0 saturated carbocycles. The van der Waals surface area contributed by atoms with Crippen molar-refractivity contribution < 1.29 is 14.7 Å². The highest BCUT2D eigenvalue weighted by atomic mass is 16.4. The maximum absolute atomic E-state index is 12.0. The van der Waals surface area contributed by atoms with Crippen molar-refractivity contribution in [1.29, 1.82) is 0 Å². The number of carboxylic acid groups (broad SMARTS) is 1. The number of nitrogens with one attached hydrogen (secondary N) is 1. The maximum atomic E-state index is 12.0. The monoisotopic (exact) mass is 257 g/mol. The van der Waals surface area contributed by atoms with Crippen LogP contribution in [0.3, 0.4) is 0 Å². The second kappa shape index (κ2) is 6.76. The molecule has 0 fully saturated rings. The first kappa shape index (κ1) is 16.9. The van der Waals surface area contributed by atoms with Crippen LogP contribution < -0.4 is 5.32 Å². The number of hydrogen-bond acceptors (Lipinski definition) is 2. The van der Waals surface area contributed by atoms with E-state index in [2.05, 4.69) is 19.2 Å². The Hall–Kier alpha value is -1.06. The number of carboxylic acids is 1. The lowest BCUT2D eigenvalue weighted by Crippen LogP contribution is -2.46. The van der Waals surface area contributed by atoms with Crippen LogP contribution in [-0.4, -0.2) is 23.0 Å². The second-order valence-electron chi connectivity index (χ2n) is 6.30. The van der Waals surface area contributed by atoms with E-state index in [9.17, 15) is 9.59 Å². The van der Waals surface area contributed by atoms with E-state index < -0.39 is 17.3 Å². The molecule has 0 bridgehead atoms.